The Kier molecular flexibility index (Phi) is 3.14. The Hall–Kier alpha value is -0.770. The van der Waals surface area contributed by atoms with Gasteiger partial charge in [0.25, 0.3) is 0 Å². The summed E-state index contributed by atoms with van der Waals surface area (Å²) in [7, 11) is 1.55. The Morgan fingerprint density at radius 2 is 2.13 bits per heavy atom. The molecule has 1 saturated carbocycles. The molecule has 15 heavy (non-hydrogen) atoms. The molecule has 0 unspecified atom stereocenters. The van der Waals surface area contributed by atoms with Crippen LogP contribution < -0.4 is 9.47 Å². The molecule has 4 heteroatoms. The SMILES string of the molecule is COc1cc(Br)c(F)cc1OCC1CC1. The van der Waals surface area contributed by atoms with Gasteiger partial charge in [-0.05, 0) is 34.7 Å². The fourth-order valence-electron chi connectivity index (χ4n) is 1.27. The first-order valence-corrected chi connectivity index (χ1v) is 5.66. The number of methoxy groups -OCH3 is 1. The van der Waals surface area contributed by atoms with E-state index in [0.717, 1.165) is 0 Å². The molecule has 0 radical (unpaired) electrons. The topological polar surface area (TPSA) is 18.5 Å². The van der Waals surface area contributed by atoms with Gasteiger partial charge in [0.1, 0.15) is 5.82 Å². The molecule has 2 nitrogen and oxygen atoms in total. The van der Waals surface area contributed by atoms with Crippen LogP contribution in [-0.2, 0) is 0 Å². The average molecular weight is 275 g/mol. The van der Waals surface area contributed by atoms with Crippen molar-refractivity contribution in [1.29, 1.82) is 0 Å². The van der Waals surface area contributed by atoms with Crippen molar-refractivity contribution in [3.63, 3.8) is 0 Å². The van der Waals surface area contributed by atoms with Crippen molar-refractivity contribution in [3.8, 4) is 11.5 Å². The molecule has 1 aromatic rings. The third-order valence-corrected chi connectivity index (χ3v) is 2.99. The molecule has 0 heterocycles. The van der Waals surface area contributed by atoms with Gasteiger partial charge in [0.05, 0.1) is 18.2 Å². The Morgan fingerprint density at radius 1 is 1.40 bits per heavy atom. The molecular formula is C11H12BrFO2. The van der Waals surface area contributed by atoms with Crippen LogP contribution in [0, 0.1) is 11.7 Å². The summed E-state index contributed by atoms with van der Waals surface area (Å²) in [6.07, 6.45) is 2.42. The smallest absolute Gasteiger partial charge is 0.164 e. The number of hydrogen-bond acceptors (Lipinski definition) is 2. The fraction of sp³-hybridized carbons (Fsp3) is 0.455. The average Bonchev–Trinajstić information content (AvgIpc) is 3.03. The van der Waals surface area contributed by atoms with E-state index in [2.05, 4.69) is 15.9 Å². The van der Waals surface area contributed by atoms with Gasteiger partial charge in [-0.25, -0.2) is 4.39 Å². The Labute approximate surface area is 96.5 Å². The van der Waals surface area contributed by atoms with Gasteiger partial charge >= 0.3 is 0 Å². The van der Waals surface area contributed by atoms with E-state index in [-0.39, 0.29) is 5.82 Å². The lowest BCUT2D eigenvalue weighted by Crippen LogP contribution is -2.01. The minimum Gasteiger partial charge on any atom is -0.493 e. The molecular weight excluding hydrogens is 263 g/mol. The van der Waals surface area contributed by atoms with Gasteiger partial charge in [0.15, 0.2) is 11.5 Å². The first kappa shape index (κ1) is 10.7. The zero-order valence-corrected chi connectivity index (χ0v) is 10.0. The van der Waals surface area contributed by atoms with Crippen LogP contribution in [0.4, 0.5) is 4.39 Å². The Bertz CT molecular complexity index is 364. The van der Waals surface area contributed by atoms with Crippen LogP contribution in [0.3, 0.4) is 0 Å². The molecule has 0 aromatic heterocycles. The monoisotopic (exact) mass is 274 g/mol. The van der Waals surface area contributed by atoms with E-state index in [1.165, 1.54) is 18.9 Å². The first-order valence-electron chi connectivity index (χ1n) is 4.86. The van der Waals surface area contributed by atoms with E-state index in [1.54, 1.807) is 13.2 Å². The lowest BCUT2D eigenvalue weighted by Gasteiger charge is -2.10. The summed E-state index contributed by atoms with van der Waals surface area (Å²) in [6, 6.07) is 2.93. The van der Waals surface area contributed by atoms with Gasteiger partial charge in [0.2, 0.25) is 0 Å². The predicted molar refractivity (Wildman–Crippen MR) is 58.9 cm³/mol. The summed E-state index contributed by atoms with van der Waals surface area (Å²) in [5.74, 6) is 1.34. The van der Waals surface area contributed by atoms with Crippen molar-refractivity contribution in [2.75, 3.05) is 13.7 Å². The molecule has 0 saturated heterocycles. The molecule has 0 amide bonds. The second-order valence-corrected chi connectivity index (χ2v) is 4.53. The van der Waals surface area contributed by atoms with Crippen molar-refractivity contribution >= 4 is 15.9 Å². The van der Waals surface area contributed by atoms with Crippen LogP contribution in [0.5, 0.6) is 11.5 Å². The van der Waals surface area contributed by atoms with Crippen LogP contribution in [0.15, 0.2) is 16.6 Å². The third kappa shape index (κ3) is 2.62. The number of ether oxygens (including phenoxy) is 2. The molecule has 1 aliphatic rings. The fourth-order valence-corrected chi connectivity index (χ4v) is 1.60. The second kappa shape index (κ2) is 4.39. The standard InChI is InChI=1S/C11H12BrFO2/c1-14-10-4-8(12)9(13)5-11(10)15-6-7-2-3-7/h4-5,7H,2-3,6H2,1H3. The maximum atomic E-state index is 13.3. The Balaban J connectivity index is 2.15. The van der Waals surface area contributed by atoms with E-state index in [1.807, 2.05) is 0 Å². The molecule has 1 aliphatic carbocycles. The molecule has 0 aliphatic heterocycles. The van der Waals surface area contributed by atoms with Crippen LogP contribution in [-0.4, -0.2) is 13.7 Å². The molecule has 0 bridgehead atoms. The van der Waals surface area contributed by atoms with Gasteiger partial charge in [-0.2, -0.15) is 0 Å². The number of hydrogen-bond donors (Lipinski definition) is 0. The Morgan fingerprint density at radius 3 is 2.73 bits per heavy atom. The van der Waals surface area contributed by atoms with Gasteiger partial charge in [0, 0.05) is 12.1 Å². The van der Waals surface area contributed by atoms with Crippen molar-refractivity contribution in [1.82, 2.24) is 0 Å². The summed E-state index contributed by atoms with van der Waals surface area (Å²) >= 11 is 3.10. The second-order valence-electron chi connectivity index (χ2n) is 3.67. The van der Waals surface area contributed by atoms with E-state index < -0.39 is 0 Å². The van der Waals surface area contributed by atoms with Crippen LogP contribution >= 0.6 is 15.9 Å². The summed E-state index contributed by atoms with van der Waals surface area (Å²) in [5, 5.41) is 0. The van der Waals surface area contributed by atoms with Crippen molar-refractivity contribution in [2.45, 2.75) is 12.8 Å². The van der Waals surface area contributed by atoms with Crippen LogP contribution in [0.2, 0.25) is 0 Å². The zero-order chi connectivity index (χ0) is 10.8. The van der Waals surface area contributed by atoms with Gasteiger partial charge < -0.3 is 9.47 Å². The molecule has 2 rings (SSSR count). The summed E-state index contributed by atoms with van der Waals surface area (Å²) in [4.78, 5) is 0. The summed E-state index contributed by atoms with van der Waals surface area (Å²) in [6.45, 7) is 0.650. The minimum atomic E-state index is -0.332. The van der Waals surface area contributed by atoms with E-state index in [0.29, 0.717) is 28.5 Å². The molecule has 0 spiro atoms. The number of benzene rings is 1. The molecule has 1 aromatic carbocycles. The van der Waals surface area contributed by atoms with E-state index in [9.17, 15) is 4.39 Å². The normalized spacial score (nSPS) is 15.1. The number of halogens is 2. The minimum absolute atomic E-state index is 0.332. The van der Waals surface area contributed by atoms with Gasteiger partial charge in [-0.15, -0.1) is 0 Å². The predicted octanol–water partition coefficient (Wildman–Crippen LogP) is 3.39. The van der Waals surface area contributed by atoms with Crippen molar-refractivity contribution in [3.05, 3.63) is 22.4 Å². The highest BCUT2D eigenvalue weighted by Crippen LogP contribution is 2.35. The number of rotatable bonds is 4. The summed E-state index contributed by atoms with van der Waals surface area (Å²) in [5.41, 5.74) is 0. The largest absolute Gasteiger partial charge is 0.493 e. The molecule has 1 fully saturated rings. The van der Waals surface area contributed by atoms with Crippen molar-refractivity contribution < 1.29 is 13.9 Å². The highest BCUT2D eigenvalue weighted by Gasteiger charge is 2.22. The van der Waals surface area contributed by atoms with Crippen LogP contribution in [0.25, 0.3) is 0 Å². The molecule has 0 atom stereocenters. The van der Waals surface area contributed by atoms with Crippen LogP contribution in [0.1, 0.15) is 12.8 Å². The molecule has 0 N–H and O–H groups in total. The highest BCUT2D eigenvalue weighted by atomic mass is 79.9. The quantitative estimate of drug-likeness (QED) is 0.838. The maximum absolute atomic E-state index is 13.3. The van der Waals surface area contributed by atoms with E-state index in [4.69, 9.17) is 9.47 Å². The van der Waals surface area contributed by atoms with E-state index >= 15 is 0 Å². The first-order chi connectivity index (χ1) is 7.20. The van der Waals surface area contributed by atoms with Crippen molar-refractivity contribution in [2.24, 2.45) is 5.92 Å². The van der Waals surface area contributed by atoms with Gasteiger partial charge in [-0.1, -0.05) is 0 Å². The maximum Gasteiger partial charge on any atom is 0.164 e. The van der Waals surface area contributed by atoms with Gasteiger partial charge in [-0.3, -0.25) is 0 Å². The summed E-state index contributed by atoms with van der Waals surface area (Å²) < 4.78 is 24.3. The third-order valence-electron chi connectivity index (χ3n) is 2.38. The lowest BCUT2D eigenvalue weighted by atomic mass is 10.3. The zero-order valence-electron chi connectivity index (χ0n) is 8.43. The lowest BCUT2D eigenvalue weighted by molar-refractivity contribution is 0.278. The highest BCUT2D eigenvalue weighted by molar-refractivity contribution is 9.10. The molecule has 82 valence electrons.